The molecule has 0 amide bonds. The van der Waals surface area contributed by atoms with Crippen molar-refractivity contribution in [2.24, 2.45) is 0 Å². The van der Waals surface area contributed by atoms with Crippen LogP contribution >= 0.6 is 11.6 Å². The van der Waals surface area contributed by atoms with Gasteiger partial charge in [-0.2, -0.15) is 5.26 Å². The maximum atomic E-state index is 12.4. The van der Waals surface area contributed by atoms with Crippen LogP contribution in [0.15, 0.2) is 54.2 Å². The Morgan fingerprint density at radius 1 is 1.25 bits per heavy atom. The number of hydrogen-bond acceptors (Lipinski definition) is 4. The van der Waals surface area contributed by atoms with E-state index in [2.05, 4.69) is 0 Å². The lowest BCUT2D eigenvalue weighted by Crippen LogP contribution is -2.09. The Morgan fingerprint density at radius 2 is 2.00 bits per heavy atom. The molecular weight excluding hydrogens is 324 g/mol. The number of hydrogen-bond donors (Lipinski definition) is 0. The summed E-state index contributed by atoms with van der Waals surface area (Å²) in [5.74, 6) is 0.839. The Balaban J connectivity index is 2.29. The standard InChI is InChI=1S/C19H17ClN2O2/c1-13-9-16(20)7-8-18(13)24-17-6-4-5-14(10-17)19(23)15(11-21)12-22(2)3/h4-10,12H,1-3H3. The summed E-state index contributed by atoms with van der Waals surface area (Å²) in [6.45, 7) is 1.89. The van der Waals surface area contributed by atoms with Gasteiger partial charge >= 0.3 is 0 Å². The second-order valence-corrected chi connectivity index (χ2v) is 5.92. The highest BCUT2D eigenvalue weighted by Crippen LogP contribution is 2.28. The number of ether oxygens (including phenoxy) is 1. The molecule has 0 atom stereocenters. The van der Waals surface area contributed by atoms with Crippen LogP contribution in [-0.4, -0.2) is 24.8 Å². The minimum absolute atomic E-state index is 0.0693. The average Bonchev–Trinajstić information content (AvgIpc) is 2.54. The molecule has 0 aromatic heterocycles. The molecule has 0 N–H and O–H groups in total. The number of rotatable bonds is 5. The van der Waals surface area contributed by atoms with Crippen LogP contribution in [0.4, 0.5) is 0 Å². The summed E-state index contributed by atoms with van der Waals surface area (Å²) in [4.78, 5) is 14.1. The van der Waals surface area contributed by atoms with Crippen LogP contribution in [0, 0.1) is 18.3 Å². The van der Waals surface area contributed by atoms with E-state index >= 15 is 0 Å². The van der Waals surface area contributed by atoms with E-state index in [0.29, 0.717) is 22.1 Å². The monoisotopic (exact) mass is 340 g/mol. The molecule has 0 radical (unpaired) electrons. The zero-order valence-electron chi connectivity index (χ0n) is 13.7. The van der Waals surface area contributed by atoms with Crippen LogP contribution in [0.3, 0.4) is 0 Å². The first kappa shape index (κ1) is 17.6. The van der Waals surface area contributed by atoms with Gasteiger partial charge in [0.25, 0.3) is 0 Å². The summed E-state index contributed by atoms with van der Waals surface area (Å²) in [7, 11) is 3.51. The van der Waals surface area contributed by atoms with Crippen molar-refractivity contribution in [2.45, 2.75) is 6.92 Å². The highest BCUT2D eigenvalue weighted by Gasteiger charge is 2.13. The van der Waals surface area contributed by atoms with Gasteiger partial charge in [-0.05, 0) is 42.8 Å². The van der Waals surface area contributed by atoms with Gasteiger partial charge < -0.3 is 9.64 Å². The van der Waals surface area contributed by atoms with Crippen molar-refractivity contribution in [3.05, 3.63) is 70.4 Å². The fraction of sp³-hybridized carbons (Fsp3) is 0.158. The summed E-state index contributed by atoms with van der Waals surface area (Å²) in [6, 6.07) is 14.0. The second-order valence-electron chi connectivity index (χ2n) is 5.49. The molecule has 0 saturated carbocycles. The number of halogens is 1. The molecule has 122 valence electrons. The molecule has 0 aliphatic heterocycles. The van der Waals surface area contributed by atoms with E-state index in [9.17, 15) is 4.79 Å². The minimum Gasteiger partial charge on any atom is -0.457 e. The SMILES string of the molecule is Cc1cc(Cl)ccc1Oc1cccc(C(=O)C(C#N)=CN(C)C)c1. The Kier molecular flexibility index (Phi) is 5.62. The van der Waals surface area contributed by atoms with Gasteiger partial charge in [-0.3, -0.25) is 4.79 Å². The number of ketones is 1. The first-order valence-electron chi connectivity index (χ1n) is 7.28. The number of nitriles is 1. The van der Waals surface area contributed by atoms with E-state index in [0.717, 1.165) is 5.56 Å². The molecule has 0 heterocycles. The molecule has 4 nitrogen and oxygen atoms in total. The van der Waals surface area contributed by atoms with Crippen LogP contribution < -0.4 is 4.74 Å². The quantitative estimate of drug-likeness (QED) is 0.453. The number of carbonyl (C=O) groups excluding carboxylic acids is 1. The van der Waals surface area contributed by atoms with Crippen molar-refractivity contribution in [1.82, 2.24) is 4.90 Å². The van der Waals surface area contributed by atoms with Gasteiger partial charge in [0.05, 0.1) is 0 Å². The molecule has 0 aliphatic rings. The van der Waals surface area contributed by atoms with E-state index in [-0.39, 0.29) is 11.4 Å². The Bertz CT molecular complexity index is 836. The molecule has 0 fully saturated rings. The first-order valence-corrected chi connectivity index (χ1v) is 7.65. The largest absolute Gasteiger partial charge is 0.457 e. The third kappa shape index (κ3) is 4.37. The molecule has 0 saturated heterocycles. The lowest BCUT2D eigenvalue weighted by atomic mass is 10.0. The van der Waals surface area contributed by atoms with Gasteiger partial charge in [0, 0.05) is 30.9 Å². The predicted molar refractivity (Wildman–Crippen MR) is 94.4 cm³/mol. The first-order chi connectivity index (χ1) is 11.4. The second kappa shape index (κ2) is 7.67. The van der Waals surface area contributed by atoms with Gasteiger partial charge in [0.1, 0.15) is 23.1 Å². The fourth-order valence-electron chi connectivity index (χ4n) is 2.11. The van der Waals surface area contributed by atoms with Crippen LogP contribution in [0.2, 0.25) is 5.02 Å². The molecule has 0 aliphatic carbocycles. The highest BCUT2D eigenvalue weighted by atomic mass is 35.5. The zero-order valence-corrected chi connectivity index (χ0v) is 14.5. The maximum Gasteiger partial charge on any atom is 0.205 e. The van der Waals surface area contributed by atoms with Crippen molar-refractivity contribution >= 4 is 17.4 Å². The number of carbonyl (C=O) groups is 1. The van der Waals surface area contributed by atoms with E-state index in [1.807, 2.05) is 13.0 Å². The van der Waals surface area contributed by atoms with Crippen LogP contribution in [0.1, 0.15) is 15.9 Å². The van der Waals surface area contributed by atoms with E-state index in [1.54, 1.807) is 61.5 Å². The molecule has 2 aromatic carbocycles. The number of allylic oxidation sites excluding steroid dienone is 1. The van der Waals surface area contributed by atoms with Gasteiger partial charge in [-0.15, -0.1) is 0 Å². The Morgan fingerprint density at radius 3 is 2.62 bits per heavy atom. The lowest BCUT2D eigenvalue weighted by molar-refractivity contribution is 0.103. The van der Waals surface area contributed by atoms with Crippen molar-refractivity contribution < 1.29 is 9.53 Å². The van der Waals surface area contributed by atoms with Crippen molar-refractivity contribution in [3.8, 4) is 17.6 Å². The minimum atomic E-state index is -0.343. The molecule has 0 bridgehead atoms. The third-order valence-corrected chi connectivity index (χ3v) is 3.45. The van der Waals surface area contributed by atoms with Crippen molar-refractivity contribution in [1.29, 1.82) is 5.26 Å². The van der Waals surface area contributed by atoms with Gasteiger partial charge in [0.15, 0.2) is 0 Å². The van der Waals surface area contributed by atoms with Gasteiger partial charge in [-0.1, -0.05) is 23.7 Å². The van der Waals surface area contributed by atoms with E-state index < -0.39 is 0 Å². The molecule has 2 aromatic rings. The molecule has 2 rings (SSSR count). The van der Waals surface area contributed by atoms with Gasteiger partial charge in [0.2, 0.25) is 5.78 Å². The Labute approximate surface area is 146 Å². The van der Waals surface area contributed by atoms with Crippen molar-refractivity contribution in [3.63, 3.8) is 0 Å². The average molecular weight is 341 g/mol. The van der Waals surface area contributed by atoms with Gasteiger partial charge in [-0.25, -0.2) is 0 Å². The zero-order chi connectivity index (χ0) is 17.7. The van der Waals surface area contributed by atoms with E-state index in [1.165, 1.54) is 6.20 Å². The molecule has 5 heteroatoms. The molecule has 24 heavy (non-hydrogen) atoms. The lowest BCUT2D eigenvalue weighted by Gasteiger charge is -2.10. The summed E-state index contributed by atoms with van der Waals surface area (Å²) in [5.41, 5.74) is 1.36. The molecular formula is C19H17ClN2O2. The number of Topliss-reactive ketones (excluding diaryl/α,β-unsaturated/α-hetero) is 1. The smallest absolute Gasteiger partial charge is 0.205 e. The summed E-state index contributed by atoms with van der Waals surface area (Å²) < 4.78 is 5.83. The summed E-state index contributed by atoms with van der Waals surface area (Å²) >= 11 is 5.94. The van der Waals surface area contributed by atoms with Crippen molar-refractivity contribution in [2.75, 3.05) is 14.1 Å². The van der Waals surface area contributed by atoms with Crippen LogP contribution in [0.5, 0.6) is 11.5 Å². The number of benzene rings is 2. The van der Waals surface area contributed by atoms with Crippen LogP contribution in [0.25, 0.3) is 0 Å². The van der Waals surface area contributed by atoms with Crippen LogP contribution in [-0.2, 0) is 0 Å². The molecule has 0 spiro atoms. The Hall–Kier alpha value is -2.77. The van der Waals surface area contributed by atoms with E-state index in [4.69, 9.17) is 21.6 Å². The maximum absolute atomic E-state index is 12.4. The topological polar surface area (TPSA) is 53.3 Å². The predicted octanol–water partition coefficient (Wildman–Crippen LogP) is 4.59. The highest BCUT2D eigenvalue weighted by molar-refractivity contribution is 6.30. The molecule has 0 unspecified atom stereocenters. The number of nitrogens with zero attached hydrogens (tertiary/aromatic N) is 2. The summed E-state index contributed by atoms with van der Waals surface area (Å²) in [5, 5.41) is 9.80. The summed E-state index contributed by atoms with van der Waals surface area (Å²) in [6.07, 6.45) is 1.50. The number of aryl methyl sites for hydroxylation is 1. The fourth-order valence-corrected chi connectivity index (χ4v) is 2.33. The normalized spacial score (nSPS) is 10.9. The third-order valence-electron chi connectivity index (χ3n) is 3.21.